The van der Waals surface area contributed by atoms with Gasteiger partial charge in [0.2, 0.25) is 0 Å². The Labute approximate surface area is 228 Å². The van der Waals surface area contributed by atoms with Gasteiger partial charge in [0.15, 0.2) is 23.0 Å². The second-order valence-electron chi connectivity index (χ2n) is 9.54. The molecule has 204 valence electrons. The maximum Gasteiger partial charge on any atom is 0.263 e. The molecule has 2 amide bonds. The molecule has 1 saturated heterocycles. The van der Waals surface area contributed by atoms with Crippen LogP contribution in [0.15, 0.2) is 54.6 Å². The van der Waals surface area contributed by atoms with E-state index in [0.29, 0.717) is 34.1 Å². The highest BCUT2D eigenvalue weighted by Crippen LogP contribution is 2.35. The van der Waals surface area contributed by atoms with Crippen molar-refractivity contribution in [3.8, 4) is 23.0 Å². The lowest BCUT2D eigenvalue weighted by Gasteiger charge is -2.36. The summed E-state index contributed by atoms with van der Waals surface area (Å²) in [6, 6.07) is 16.9. The van der Waals surface area contributed by atoms with Crippen molar-refractivity contribution in [1.29, 1.82) is 0 Å². The van der Waals surface area contributed by atoms with Crippen LogP contribution in [0.3, 0.4) is 0 Å². The molecule has 2 heterocycles. The fourth-order valence-electron chi connectivity index (χ4n) is 5.27. The molecule has 0 aromatic heterocycles. The van der Waals surface area contributed by atoms with Crippen molar-refractivity contribution in [2.24, 2.45) is 0 Å². The zero-order chi connectivity index (χ0) is 27.5. The number of ether oxygens (including phenoxy) is 4. The zero-order valence-electron chi connectivity index (χ0n) is 22.7. The van der Waals surface area contributed by atoms with E-state index in [9.17, 15) is 9.59 Å². The number of hydrogen-bond acceptors (Lipinski definition) is 8. The minimum Gasteiger partial charge on any atom is -0.493 e. The van der Waals surface area contributed by atoms with E-state index in [1.807, 2.05) is 30.3 Å². The van der Waals surface area contributed by atoms with Crippen LogP contribution in [0.2, 0.25) is 0 Å². The van der Waals surface area contributed by atoms with Crippen LogP contribution in [0.1, 0.15) is 31.8 Å². The third-order valence-electron chi connectivity index (χ3n) is 7.33. The number of piperazine rings is 1. The first-order chi connectivity index (χ1) is 19.0. The number of benzene rings is 3. The highest BCUT2D eigenvalue weighted by Gasteiger charge is 2.39. The summed E-state index contributed by atoms with van der Waals surface area (Å²) in [6.07, 6.45) is 0. The Morgan fingerprint density at radius 3 is 1.77 bits per heavy atom. The number of imide groups is 1. The van der Waals surface area contributed by atoms with E-state index in [1.54, 1.807) is 46.6 Å². The highest BCUT2D eigenvalue weighted by atomic mass is 16.5. The lowest BCUT2D eigenvalue weighted by Crippen LogP contribution is -2.46. The molecule has 3 aromatic rings. The molecule has 9 heteroatoms. The van der Waals surface area contributed by atoms with Gasteiger partial charge in [0.1, 0.15) is 0 Å². The predicted molar refractivity (Wildman–Crippen MR) is 147 cm³/mol. The van der Waals surface area contributed by atoms with Gasteiger partial charge in [-0.15, -0.1) is 0 Å². The van der Waals surface area contributed by atoms with Crippen molar-refractivity contribution in [1.82, 2.24) is 9.80 Å². The number of carbonyl (C=O) groups is 2. The smallest absolute Gasteiger partial charge is 0.263 e. The molecule has 0 bridgehead atoms. The standard InChI is InChI=1S/C30H33N3O6/c1-36-24-10-8-20(16-26(24)38-3)18-31-12-14-32(15-13-31)23-7-5-6-22-28(23)30(35)33(29(22)34)19-21-9-11-25(37-2)27(17-21)39-4/h5-11,16-17H,12-15,18-19H2,1-4H3. The topological polar surface area (TPSA) is 80.8 Å². The summed E-state index contributed by atoms with van der Waals surface area (Å²) >= 11 is 0. The Bertz CT molecular complexity index is 1380. The van der Waals surface area contributed by atoms with E-state index in [1.165, 1.54) is 4.90 Å². The van der Waals surface area contributed by atoms with Crippen LogP contribution in [0.4, 0.5) is 5.69 Å². The van der Waals surface area contributed by atoms with Crippen LogP contribution in [-0.2, 0) is 13.1 Å². The van der Waals surface area contributed by atoms with Crippen molar-refractivity contribution in [2.75, 3.05) is 59.5 Å². The second-order valence-corrected chi connectivity index (χ2v) is 9.54. The van der Waals surface area contributed by atoms with E-state index in [0.717, 1.165) is 49.5 Å². The van der Waals surface area contributed by atoms with E-state index in [2.05, 4.69) is 15.9 Å². The molecule has 0 aliphatic carbocycles. The Morgan fingerprint density at radius 2 is 1.21 bits per heavy atom. The lowest BCUT2D eigenvalue weighted by molar-refractivity contribution is 0.0642. The molecule has 0 atom stereocenters. The van der Waals surface area contributed by atoms with Crippen LogP contribution in [0.25, 0.3) is 0 Å². The highest BCUT2D eigenvalue weighted by molar-refractivity contribution is 6.23. The van der Waals surface area contributed by atoms with Gasteiger partial charge in [0.05, 0.1) is 51.8 Å². The first kappa shape index (κ1) is 26.4. The summed E-state index contributed by atoms with van der Waals surface area (Å²) in [7, 11) is 6.40. The Balaban J connectivity index is 1.28. The molecule has 9 nitrogen and oxygen atoms in total. The quantitative estimate of drug-likeness (QED) is 0.386. The number of anilines is 1. The number of fused-ring (bicyclic) bond motifs is 1. The molecule has 5 rings (SSSR count). The molecular formula is C30H33N3O6. The Kier molecular flexibility index (Phi) is 7.60. The van der Waals surface area contributed by atoms with Crippen molar-refractivity contribution in [3.05, 3.63) is 76.9 Å². The third-order valence-corrected chi connectivity index (χ3v) is 7.33. The van der Waals surface area contributed by atoms with Crippen LogP contribution < -0.4 is 23.8 Å². The largest absolute Gasteiger partial charge is 0.493 e. The minimum absolute atomic E-state index is 0.158. The van der Waals surface area contributed by atoms with Crippen molar-refractivity contribution in [2.45, 2.75) is 13.1 Å². The van der Waals surface area contributed by atoms with E-state index >= 15 is 0 Å². The van der Waals surface area contributed by atoms with Gasteiger partial charge in [0, 0.05) is 32.7 Å². The molecular weight excluding hydrogens is 498 g/mol. The monoisotopic (exact) mass is 531 g/mol. The number of amides is 2. The SMILES string of the molecule is COc1ccc(CN2CCN(c3cccc4c3C(=O)N(Cc3ccc(OC)c(OC)c3)C4=O)CC2)cc1OC. The summed E-state index contributed by atoms with van der Waals surface area (Å²) in [5, 5.41) is 0. The maximum atomic E-state index is 13.6. The number of hydrogen-bond donors (Lipinski definition) is 0. The molecule has 0 spiro atoms. The van der Waals surface area contributed by atoms with Gasteiger partial charge in [-0.3, -0.25) is 19.4 Å². The van der Waals surface area contributed by atoms with Crippen LogP contribution >= 0.6 is 0 Å². The fourth-order valence-corrected chi connectivity index (χ4v) is 5.27. The summed E-state index contributed by atoms with van der Waals surface area (Å²) < 4.78 is 21.5. The van der Waals surface area contributed by atoms with Crippen LogP contribution in [-0.4, -0.2) is 76.2 Å². The van der Waals surface area contributed by atoms with Gasteiger partial charge in [-0.05, 0) is 47.5 Å². The Morgan fingerprint density at radius 1 is 0.641 bits per heavy atom. The van der Waals surface area contributed by atoms with Gasteiger partial charge in [-0.1, -0.05) is 18.2 Å². The maximum absolute atomic E-state index is 13.6. The average Bonchev–Trinajstić information content (AvgIpc) is 3.22. The molecule has 2 aliphatic heterocycles. The van der Waals surface area contributed by atoms with Crippen LogP contribution in [0.5, 0.6) is 23.0 Å². The fraction of sp³-hybridized carbons (Fsp3) is 0.333. The number of methoxy groups -OCH3 is 4. The van der Waals surface area contributed by atoms with Crippen molar-refractivity contribution < 1.29 is 28.5 Å². The first-order valence-corrected chi connectivity index (χ1v) is 12.9. The summed E-state index contributed by atoms with van der Waals surface area (Å²) in [4.78, 5) is 32.7. The van der Waals surface area contributed by atoms with Gasteiger partial charge >= 0.3 is 0 Å². The zero-order valence-corrected chi connectivity index (χ0v) is 22.7. The number of carbonyl (C=O) groups excluding carboxylic acids is 2. The first-order valence-electron chi connectivity index (χ1n) is 12.9. The minimum atomic E-state index is -0.279. The summed E-state index contributed by atoms with van der Waals surface area (Å²) in [5.74, 6) is 2.03. The van der Waals surface area contributed by atoms with Gasteiger partial charge < -0.3 is 23.8 Å². The summed E-state index contributed by atoms with van der Waals surface area (Å²) in [6.45, 7) is 4.11. The summed E-state index contributed by atoms with van der Waals surface area (Å²) in [5.41, 5.74) is 3.68. The molecule has 0 unspecified atom stereocenters. The average molecular weight is 532 g/mol. The molecule has 1 fully saturated rings. The molecule has 0 N–H and O–H groups in total. The van der Waals surface area contributed by atoms with Crippen LogP contribution in [0, 0.1) is 0 Å². The molecule has 2 aliphatic rings. The van der Waals surface area contributed by atoms with E-state index in [4.69, 9.17) is 18.9 Å². The second kappa shape index (κ2) is 11.2. The lowest BCUT2D eigenvalue weighted by atomic mass is 10.1. The molecule has 3 aromatic carbocycles. The van der Waals surface area contributed by atoms with E-state index in [-0.39, 0.29) is 18.4 Å². The van der Waals surface area contributed by atoms with Gasteiger partial charge in [0.25, 0.3) is 11.8 Å². The van der Waals surface area contributed by atoms with Gasteiger partial charge in [-0.25, -0.2) is 0 Å². The van der Waals surface area contributed by atoms with Gasteiger partial charge in [-0.2, -0.15) is 0 Å². The number of nitrogens with zero attached hydrogens (tertiary/aromatic N) is 3. The molecule has 0 radical (unpaired) electrons. The predicted octanol–water partition coefficient (Wildman–Crippen LogP) is 3.84. The van der Waals surface area contributed by atoms with E-state index < -0.39 is 0 Å². The normalized spacial score (nSPS) is 15.4. The number of rotatable bonds is 9. The van der Waals surface area contributed by atoms with Crippen molar-refractivity contribution >= 4 is 17.5 Å². The third kappa shape index (κ3) is 5.09. The van der Waals surface area contributed by atoms with Crippen molar-refractivity contribution in [3.63, 3.8) is 0 Å². The Hall–Kier alpha value is -4.24. The molecule has 39 heavy (non-hydrogen) atoms. The molecule has 0 saturated carbocycles.